The molecule has 0 spiro atoms. The van der Waals surface area contributed by atoms with Crippen molar-refractivity contribution in [2.75, 3.05) is 7.05 Å². The highest BCUT2D eigenvalue weighted by Crippen LogP contribution is 2.45. The molecule has 8 heteroatoms. The Bertz CT molecular complexity index is 881. The SMILES string of the molecule is CC1=C(C2(C)C=CC(Oc3ncccc3C(F)F)=CC2C)N(C)C(=O)NC1O. The third kappa shape index (κ3) is 3.40. The number of amides is 2. The average molecular weight is 391 g/mol. The molecule has 0 aromatic carbocycles. The third-order valence-electron chi connectivity index (χ3n) is 5.40. The summed E-state index contributed by atoms with van der Waals surface area (Å²) in [7, 11) is 1.64. The molecule has 2 N–H and O–H groups in total. The first kappa shape index (κ1) is 20.0. The average Bonchev–Trinajstić information content (AvgIpc) is 2.64. The smallest absolute Gasteiger partial charge is 0.323 e. The number of aliphatic hydroxyl groups excluding tert-OH is 1. The van der Waals surface area contributed by atoms with Crippen molar-refractivity contribution in [2.45, 2.75) is 33.4 Å². The number of hydrogen-bond donors (Lipinski definition) is 2. The summed E-state index contributed by atoms with van der Waals surface area (Å²) in [5.74, 6) is 0.119. The second-order valence-electron chi connectivity index (χ2n) is 7.22. The summed E-state index contributed by atoms with van der Waals surface area (Å²) in [5, 5.41) is 12.6. The Morgan fingerprint density at radius 2 is 2.14 bits per heavy atom. The van der Waals surface area contributed by atoms with Crippen LogP contribution in [0.1, 0.15) is 32.8 Å². The Morgan fingerprint density at radius 3 is 2.79 bits per heavy atom. The van der Waals surface area contributed by atoms with Gasteiger partial charge < -0.3 is 20.1 Å². The first-order chi connectivity index (χ1) is 13.1. The maximum atomic E-state index is 13.2. The minimum atomic E-state index is -2.69. The summed E-state index contributed by atoms with van der Waals surface area (Å²) in [5.41, 5.74) is 0.459. The van der Waals surface area contributed by atoms with Gasteiger partial charge in [-0.1, -0.05) is 13.0 Å². The lowest BCUT2D eigenvalue weighted by molar-refractivity contribution is 0.130. The van der Waals surface area contributed by atoms with Crippen LogP contribution in [-0.2, 0) is 0 Å². The van der Waals surface area contributed by atoms with Gasteiger partial charge in [-0.25, -0.2) is 18.6 Å². The minimum Gasteiger partial charge on any atom is -0.439 e. The topological polar surface area (TPSA) is 74.7 Å². The van der Waals surface area contributed by atoms with Crippen LogP contribution >= 0.6 is 0 Å². The Kier molecular flexibility index (Phi) is 5.25. The van der Waals surface area contributed by atoms with E-state index >= 15 is 0 Å². The van der Waals surface area contributed by atoms with Crippen molar-refractivity contribution >= 4 is 6.03 Å². The van der Waals surface area contributed by atoms with Gasteiger partial charge in [0, 0.05) is 24.4 Å². The maximum absolute atomic E-state index is 13.2. The quantitative estimate of drug-likeness (QED) is 0.820. The van der Waals surface area contributed by atoms with Gasteiger partial charge in [-0.3, -0.25) is 0 Å². The summed E-state index contributed by atoms with van der Waals surface area (Å²) >= 11 is 0. The Balaban J connectivity index is 1.91. The fourth-order valence-electron chi connectivity index (χ4n) is 3.61. The van der Waals surface area contributed by atoms with Gasteiger partial charge in [-0.2, -0.15) is 0 Å². The highest BCUT2D eigenvalue weighted by molar-refractivity contribution is 5.78. The highest BCUT2D eigenvalue weighted by atomic mass is 19.3. The maximum Gasteiger partial charge on any atom is 0.323 e. The number of halogens is 2. The minimum absolute atomic E-state index is 0.135. The van der Waals surface area contributed by atoms with Gasteiger partial charge in [-0.05, 0) is 49.6 Å². The van der Waals surface area contributed by atoms with Crippen LogP contribution in [0, 0.1) is 11.3 Å². The van der Waals surface area contributed by atoms with Gasteiger partial charge in [0.05, 0.1) is 5.56 Å². The van der Waals surface area contributed by atoms with Crippen LogP contribution in [0.3, 0.4) is 0 Å². The third-order valence-corrected chi connectivity index (χ3v) is 5.40. The van der Waals surface area contributed by atoms with Crippen molar-refractivity contribution in [3.05, 3.63) is 59.2 Å². The zero-order valence-corrected chi connectivity index (χ0v) is 16.1. The molecular formula is C20H23F2N3O3. The summed E-state index contributed by atoms with van der Waals surface area (Å²) in [6.07, 6.45) is 2.99. The number of carbonyl (C=O) groups excluding carboxylic acids is 1. The van der Waals surface area contributed by atoms with Crippen molar-refractivity contribution in [1.29, 1.82) is 0 Å². The molecule has 1 aliphatic heterocycles. The van der Waals surface area contributed by atoms with Gasteiger partial charge in [0.25, 0.3) is 6.43 Å². The number of carbonyl (C=O) groups is 1. The summed E-state index contributed by atoms with van der Waals surface area (Å²) in [6, 6.07) is 2.32. The predicted molar refractivity (Wildman–Crippen MR) is 99.3 cm³/mol. The first-order valence-electron chi connectivity index (χ1n) is 8.90. The Hall–Kier alpha value is -2.74. The Labute approximate surface area is 162 Å². The molecule has 1 aromatic rings. The van der Waals surface area contributed by atoms with Crippen LogP contribution in [0.4, 0.5) is 13.6 Å². The van der Waals surface area contributed by atoms with Gasteiger partial charge in [-0.15, -0.1) is 0 Å². The van der Waals surface area contributed by atoms with E-state index in [4.69, 9.17) is 4.74 Å². The zero-order valence-electron chi connectivity index (χ0n) is 16.1. The molecule has 2 amide bonds. The van der Waals surface area contributed by atoms with E-state index in [9.17, 15) is 18.7 Å². The fourth-order valence-corrected chi connectivity index (χ4v) is 3.61. The number of rotatable bonds is 4. The van der Waals surface area contributed by atoms with E-state index in [1.807, 2.05) is 19.9 Å². The number of aliphatic hydroxyl groups is 1. The first-order valence-corrected chi connectivity index (χ1v) is 8.90. The molecular weight excluding hydrogens is 368 g/mol. The lowest BCUT2D eigenvalue weighted by Gasteiger charge is -2.44. The molecule has 1 aliphatic carbocycles. The second-order valence-corrected chi connectivity index (χ2v) is 7.22. The largest absolute Gasteiger partial charge is 0.439 e. The van der Waals surface area contributed by atoms with E-state index in [1.165, 1.54) is 23.2 Å². The van der Waals surface area contributed by atoms with Crippen LogP contribution in [0.5, 0.6) is 5.88 Å². The van der Waals surface area contributed by atoms with E-state index < -0.39 is 24.1 Å². The van der Waals surface area contributed by atoms with Crippen molar-refractivity contribution < 1.29 is 23.4 Å². The van der Waals surface area contributed by atoms with E-state index in [2.05, 4.69) is 10.3 Å². The molecule has 3 rings (SSSR count). The van der Waals surface area contributed by atoms with E-state index in [0.717, 1.165) is 0 Å². The molecule has 0 bridgehead atoms. The lowest BCUT2D eigenvalue weighted by Crippen LogP contribution is -2.52. The number of nitrogens with zero attached hydrogens (tertiary/aromatic N) is 2. The molecule has 0 saturated carbocycles. The van der Waals surface area contributed by atoms with Crippen LogP contribution in [-0.4, -0.2) is 34.3 Å². The fraction of sp³-hybridized carbons (Fsp3) is 0.400. The summed E-state index contributed by atoms with van der Waals surface area (Å²) < 4.78 is 31.9. The zero-order chi connectivity index (χ0) is 20.6. The number of urea groups is 1. The molecule has 2 aliphatic rings. The molecule has 3 atom stereocenters. The van der Waals surface area contributed by atoms with Crippen LogP contribution < -0.4 is 10.1 Å². The molecule has 3 unspecified atom stereocenters. The number of allylic oxidation sites excluding steroid dienone is 3. The Morgan fingerprint density at radius 1 is 1.43 bits per heavy atom. The highest BCUT2D eigenvalue weighted by Gasteiger charge is 2.42. The molecule has 0 radical (unpaired) electrons. The van der Waals surface area contributed by atoms with Gasteiger partial charge in [0.15, 0.2) is 6.23 Å². The molecule has 28 heavy (non-hydrogen) atoms. The standard InChI is InChI=1S/C20H23F2N3O3/c1-11-10-13(28-18-14(16(21)22)6-5-9-23-18)7-8-20(11,3)15-12(2)17(26)24-19(27)25(15)4/h5-11,16-17,26H,1-4H3,(H,24,27). The van der Waals surface area contributed by atoms with Crippen LogP contribution in [0.2, 0.25) is 0 Å². The number of ether oxygens (including phenoxy) is 1. The van der Waals surface area contributed by atoms with Crippen molar-refractivity contribution in [2.24, 2.45) is 11.3 Å². The van der Waals surface area contributed by atoms with Crippen LogP contribution in [0.15, 0.2) is 53.6 Å². The number of nitrogens with one attached hydrogen (secondary N) is 1. The normalized spacial score (nSPS) is 27.8. The van der Waals surface area contributed by atoms with Crippen molar-refractivity contribution in [3.63, 3.8) is 0 Å². The molecule has 1 aromatic heterocycles. The summed E-state index contributed by atoms with van der Waals surface area (Å²) in [4.78, 5) is 17.5. The molecule has 0 saturated heterocycles. The number of alkyl halides is 2. The number of aromatic nitrogens is 1. The lowest BCUT2D eigenvalue weighted by atomic mass is 9.70. The molecule has 0 fully saturated rings. The predicted octanol–water partition coefficient (Wildman–Crippen LogP) is 3.74. The van der Waals surface area contributed by atoms with E-state index in [1.54, 1.807) is 26.1 Å². The van der Waals surface area contributed by atoms with Crippen molar-refractivity contribution in [3.8, 4) is 5.88 Å². The van der Waals surface area contributed by atoms with E-state index in [0.29, 0.717) is 17.0 Å². The molecule has 6 nitrogen and oxygen atoms in total. The van der Waals surface area contributed by atoms with Gasteiger partial charge in [0.1, 0.15) is 5.76 Å². The number of hydrogen-bond acceptors (Lipinski definition) is 4. The monoisotopic (exact) mass is 391 g/mol. The molecule has 2 heterocycles. The van der Waals surface area contributed by atoms with Crippen LogP contribution in [0.25, 0.3) is 0 Å². The van der Waals surface area contributed by atoms with Gasteiger partial charge in [0.2, 0.25) is 5.88 Å². The van der Waals surface area contributed by atoms with Gasteiger partial charge >= 0.3 is 6.03 Å². The van der Waals surface area contributed by atoms with E-state index in [-0.39, 0.29) is 17.4 Å². The van der Waals surface area contributed by atoms with Crippen molar-refractivity contribution in [1.82, 2.24) is 15.2 Å². The number of pyridine rings is 1. The second kappa shape index (κ2) is 7.35. The summed E-state index contributed by atoms with van der Waals surface area (Å²) in [6.45, 7) is 5.65. The molecule has 150 valence electrons.